The number of carbonyl (C=O) groups excluding carboxylic acids is 1. The number of aryl methyl sites for hydroxylation is 1. The van der Waals surface area contributed by atoms with E-state index in [1.54, 1.807) is 18.7 Å². The maximum absolute atomic E-state index is 12.2. The van der Waals surface area contributed by atoms with E-state index in [9.17, 15) is 14.7 Å². The van der Waals surface area contributed by atoms with Crippen molar-refractivity contribution in [2.75, 3.05) is 0 Å². The molecule has 3 atom stereocenters. The van der Waals surface area contributed by atoms with E-state index in [0.717, 1.165) is 55.7 Å². The van der Waals surface area contributed by atoms with E-state index < -0.39 is 17.5 Å². The number of aromatic nitrogens is 4. The highest BCUT2D eigenvalue weighted by Gasteiger charge is 2.40. The highest BCUT2D eigenvalue weighted by atomic mass is 16.6. The molecule has 2 heterocycles. The fraction of sp³-hybridized carbons (Fsp3) is 0.654. The molecule has 2 N–H and O–H groups in total. The smallest absolute Gasteiger partial charge is 0.407 e. The summed E-state index contributed by atoms with van der Waals surface area (Å²) in [6, 6.07) is 3.77. The highest BCUT2D eigenvalue weighted by molar-refractivity contribution is 5.74. The molecule has 2 aliphatic carbocycles. The maximum Gasteiger partial charge on any atom is 0.407 e. The summed E-state index contributed by atoms with van der Waals surface area (Å²) in [7, 11) is 1.78. The molecule has 2 fully saturated rings. The first-order valence-corrected chi connectivity index (χ1v) is 12.9. The van der Waals surface area contributed by atoms with Gasteiger partial charge in [0.25, 0.3) is 0 Å². The first-order valence-electron chi connectivity index (χ1n) is 12.9. The third kappa shape index (κ3) is 5.96. The fourth-order valence-electron chi connectivity index (χ4n) is 4.86. The van der Waals surface area contributed by atoms with Crippen LogP contribution < -0.4 is 10.1 Å². The van der Waals surface area contributed by atoms with Gasteiger partial charge in [-0.05, 0) is 64.5 Å². The molecule has 0 aromatic carbocycles. The van der Waals surface area contributed by atoms with Gasteiger partial charge in [0.15, 0.2) is 0 Å². The number of hydrogen-bond donors (Lipinski definition) is 2. The van der Waals surface area contributed by atoms with Crippen LogP contribution in [0.1, 0.15) is 89.4 Å². The predicted molar refractivity (Wildman–Crippen MR) is 133 cm³/mol. The first-order chi connectivity index (χ1) is 17.2. The van der Waals surface area contributed by atoms with Gasteiger partial charge in [-0.15, -0.1) is 5.10 Å². The van der Waals surface area contributed by atoms with Crippen molar-refractivity contribution in [1.29, 1.82) is 0 Å². The molecule has 2 saturated carbocycles. The minimum Gasteiger partial charge on any atom is -0.488 e. The Bertz CT molecular complexity index is 1100. The van der Waals surface area contributed by atoms with Crippen LogP contribution in [-0.4, -0.2) is 49.4 Å². The lowest BCUT2D eigenvalue weighted by atomic mass is 9.74. The lowest BCUT2D eigenvalue weighted by Gasteiger charge is -2.35. The first kappa shape index (κ1) is 25.9. The number of amides is 1. The molecule has 36 heavy (non-hydrogen) atoms. The topological polar surface area (TPSA) is 128 Å². The van der Waals surface area contributed by atoms with Crippen molar-refractivity contribution in [2.45, 2.75) is 96.8 Å². The van der Waals surface area contributed by atoms with Gasteiger partial charge in [0.2, 0.25) is 0 Å². The van der Waals surface area contributed by atoms with Crippen LogP contribution in [0.3, 0.4) is 0 Å². The summed E-state index contributed by atoms with van der Waals surface area (Å²) in [6.07, 6.45) is 5.89. The van der Waals surface area contributed by atoms with Gasteiger partial charge >= 0.3 is 12.1 Å². The van der Waals surface area contributed by atoms with E-state index in [4.69, 9.17) is 14.5 Å². The van der Waals surface area contributed by atoms with Gasteiger partial charge in [0, 0.05) is 19.4 Å². The molecule has 0 bridgehead atoms. The van der Waals surface area contributed by atoms with Gasteiger partial charge in [0.1, 0.15) is 17.5 Å². The number of carbonyl (C=O) groups is 2. The second-order valence-electron chi connectivity index (χ2n) is 10.4. The SMILES string of the molecule is CCCC(C)OC(=O)NCc1c(-c2ccc(O[C@H]3CCC[C@](C)(C(=O)O)C3)c(C3CC3)n2)nnn1C. The van der Waals surface area contributed by atoms with Crippen molar-refractivity contribution in [2.24, 2.45) is 12.5 Å². The Hall–Kier alpha value is -3.17. The van der Waals surface area contributed by atoms with Gasteiger partial charge in [-0.1, -0.05) is 18.6 Å². The van der Waals surface area contributed by atoms with Crippen molar-refractivity contribution >= 4 is 12.1 Å². The Balaban J connectivity index is 1.50. The lowest BCUT2D eigenvalue weighted by molar-refractivity contribution is -0.151. The molecule has 2 aromatic rings. The van der Waals surface area contributed by atoms with E-state index in [2.05, 4.69) is 15.6 Å². The van der Waals surface area contributed by atoms with Gasteiger partial charge < -0.3 is 19.9 Å². The molecule has 0 radical (unpaired) electrons. The summed E-state index contributed by atoms with van der Waals surface area (Å²) in [6.45, 7) is 5.94. The van der Waals surface area contributed by atoms with Crippen LogP contribution in [0.15, 0.2) is 12.1 Å². The Labute approximate surface area is 211 Å². The van der Waals surface area contributed by atoms with Crippen LogP contribution in [0, 0.1) is 5.41 Å². The third-order valence-electron chi connectivity index (χ3n) is 7.18. The molecule has 2 aliphatic rings. The molecule has 10 heteroatoms. The number of ether oxygens (including phenoxy) is 2. The Morgan fingerprint density at radius 1 is 1.31 bits per heavy atom. The monoisotopic (exact) mass is 499 g/mol. The Morgan fingerprint density at radius 2 is 2.08 bits per heavy atom. The van der Waals surface area contributed by atoms with Crippen molar-refractivity contribution in [1.82, 2.24) is 25.3 Å². The average molecular weight is 500 g/mol. The van der Waals surface area contributed by atoms with Crippen LogP contribution in [-0.2, 0) is 23.1 Å². The summed E-state index contributed by atoms with van der Waals surface area (Å²) in [5.74, 6) is 0.278. The second kappa shape index (κ2) is 10.8. The number of pyridine rings is 1. The third-order valence-corrected chi connectivity index (χ3v) is 7.18. The molecular formula is C26H37N5O5. The number of nitrogens with zero attached hydrogens (tertiary/aromatic N) is 4. The minimum absolute atomic E-state index is 0.146. The Morgan fingerprint density at radius 3 is 2.78 bits per heavy atom. The molecular weight excluding hydrogens is 462 g/mol. The molecule has 196 valence electrons. The maximum atomic E-state index is 12.2. The van der Waals surface area contributed by atoms with Gasteiger partial charge in [-0.2, -0.15) is 0 Å². The van der Waals surface area contributed by atoms with E-state index in [-0.39, 0.29) is 18.8 Å². The largest absolute Gasteiger partial charge is 0.488 e. The van der Waals surface area contributed by atoms with Gasteiger partial charge in [-0.3, -0.25) is 4.79 Å². The normalized spacial score (nSPS) is 22.6. The van der Waals surface area contributed by atoms with E-state index in [1.807, 2.05) is 26.0 Å². The van der Waals surface area contributed by atoms with Crippen LogP contribution >= 0.6 is 0 Å². The van der Waals surface area contributed by atoms with Crippen LogP contribution in [0.25, 0.3) is 11.4 Å². The second-order valence-corrected chi connectivity index (χ2v) is 10.4. The standard InChI is InChI=1S/C26H37N5O5/c1-5-7-16(2)35-25(34)27-15-20-23(29-30-31(20)4)19-11-12-21(22(28-19)17-9-10-17)36-18-8-6-13-26(3,14-18)24(32)33/h11-12,16-18H,5-10,13-15H2,1-4H3,(H,27,34)(H,32,33)/t16?,18-,26-/m0/s1. The van der Waals surface area contributed by atoms with Crippen LogP contribution in [0.2, 0.25) is 0 Å². The van der Waals surface area contributed by atoms with Gasteiger partial charge in [0.05, 0.1) is 35.1 Å². The number of carboxylic acids is 1. The van der Waals surface area contributed by atoms with Gasteiger partial charge in [-0.25, -0.2) is 14.5 Å². The highest BCUT2D eigenvalue weighted by Crippen LogP contribution is 2.45. The van der Waals surface area contributed by atoms with E-state index in [1.165, 1.54) is 0 Å². The molecule has 1 amide bonds. The number of hydrogen-bond acceptors (Lipinski definition) is 7. The van der Waals surface area contributed by atoms with Crippen molar-refractivity contribution < 1.29 is 24.2 Å². The van der Waals surface area contributed by atoms with Crippen molar-refractivity contribution in [3.05, 3.63) is 23.5 Å². The zero-order valence-electron chi connectivity index (χ0n) is 21.6. The van der Waals surface area contributed by atoms with E-state index >= 15 is 0 Å². The number of nitrogens with one attached hydrogen (secondary N) is 1. The summed E-state index contributed by atoms with van der Waals surface area (Å²) in [4.78, 5) is 28.9. The predicted octanol–water partition coefficient (Wildman–Crippen LogP) is 4.58. The summed E-state index contributed by atoms with van der Waals surface area (Å²) < 4.78 is 13.4. The van der Waals surface area contributed by atoms with Crippen LogP contribution in [0.5, 0.6) is 5.75 Å². The molecule has 4 rings (SSSR count). The van der Waals surface area contributed by atoms with E-state index in [0.29, 0.717) is 30.1 Å². The fourth-order valence-corrected chi connectivity index (χ4v) is 4.86. The molecule has 0 saturated heterocycles. The number of rotatable bonds is 10. The van der Waals surface area contributed by atoms with Crippen LogP contribution in [0.4, 0.5) is 4.79 Å². The number of aliphatic carboxylic acids is 1. The molecule has 1 unspecified atom stereocenters. The van der Waals surface area contributed by atoms with Crippen molar-refractivity contribution in [3.8, 4) is 17.1 Å². The zero-order chi connectivity index (χ0) is 25.9. The molecule has 0 spiro atoms. The summed E-state index contributed by atoms with van der Waals surface area (Å²) in [5, 5.41) is 20.9. The summed E-state index contributed by atoms with van der Waals surface area (Å²) >= 11 is 0. The average Bonchev–Trinajstić information content (AvgIpc) is 3.60. The Kier molecular flexibility index (Phi) is 7.80. The quantitative estimate of drug-likeness (QED) is 0.486. The number of alkyl carbamates (subject to hydrolysis) is 1. The molecule has 2 aromatic heterocycles. The minimum atomic E-state index is -0.765. The van der Waals surface area contributed by atoms with Crippen molar-refractivity contribution in [3.63, 3.8) is 0 Å². The summed E-state index contributed by atoms with van der Waals surface area (Å²) in [5.41, 5.74) is 2.12. The lowest BCUT2D eigenvalue weighted by Crippen LogP contribution is -2.38. The zero-order valence-corrected chi connectivity index (χ0v) is 21.6. The molecule has 0 aliphatic heterocycles. The molecule has 10 nitrogen and oxygen atoms in total. The number of carboxylic acid groups (broad SMARTS) is 1.